The lowest BCUT2D eigenvalue weighted by atomic mass is 10.2. The fourth-order valence-corrected chi connectivity index (χ4v) is 12.8. The van der Waals surface area contributed by atoms with Crippen LogP contribution in [0.5, 0.6) is 0 Å². The molecule has 1 aromatic heterocycles. The van der Waals surface area contributed by atoms with Crippen LogP contribution in [0, 0.1) is 0 Å². The predicted molar refractivity (Wildman–Crippen MR) is 98.6 cm³/mol. The Morgan fingerprint density at radius 1 is 0.905 bits per heavy atom. The molecule has 0 amide bonds. The summed E-state index contributed by atoms with van der Waals surface area (Å²) in [5, 5.41) is 1.25. The number of rotatable bonds is 5. The summed E-state index contributed by atoms with van der Waals surface area (Å²) in [6.07, 6.45) is 2.07. The first-order chi connectivity index (χ1) is 9.87. The Bertz CT molecular complexity index is 585. The molecule has 0 saturated carbocycles. The summed E-state index contributed by atoms with van der Waals surface area (Å²) in [6, 6.07) is 10.7. The van der Waals surface area contributed by atoms with Gasteiger partial charge in [0.05, 0.1) is 5.52 Å². The molecule has 1 aromatic carbocycles. The number of benzene rings is 1. The summed E-state index contributed by atoms with van der Waals surface area (Å²) in [5.41, 5.74) is 3.37. The lowest BCUT2D eigenvalue weighted by Crippen LogP contribution is -2.40. The normalized spacial score (nSPS) is 12.8. The zero-order chi connectivity index (χ0) is 15.6. The van der Waals surface area contributed by atoms with Crippen LogP contribution in [-0.4, -0.2) is 12.2 Å². The molecule has 3 heteroatoms. The predicted octanol–water partition coefficient (Wildman–Crippen LogP) is 6.50. The SMILES string of the molecule is CC(C)[Si](Sc1cnc2ccccc2c1)(C(C)C)C(C)C. The number of pyridine rings is 1. The monoisotopic (exact) mass is 317 g/mol. The Morgan fingerprint density at radius 3 is 2.05 bits per heavy atom. The highest BCUT2D eigenvalue weighted by atomic mass is 32.4. The second-order valence-electron chi connectivity index (χ2n) is 6.78. The quantitative estimate of drug-likeness (QED) is 0.583. The van der Waals surface area contributed by atoms with Gasteiger partial charge in [-0.05, 0) is 28.8 Å². The Hall–Kier alpha value is -0.803. The topological polar surface area (TPSA) is 12.9 Å². The first-order valence-electron chi connectivity index (χ1n) is 7.91. The van der Waals surface area contributed by atoms with Crippen molar-refractivity contribution in [3.63, 3.8) is 0 Å². The van der Waals surface area contributed by atoms with E-state index >= 15 is 0 Å². The molecule has 0 aliphatic rings. The second kappa shape index (κ2) is 6.53. The third-order valence-electron chi connectivity index (χ3n) is 4.57. The van der Waals surface area contributed by atoms with E-state index in [1.165, 1.54) is 10.3 Å². The number of fused-ring (bicyclic) bond motifs is 1. The van der Waals surface area contributed by atoms with Gasteiger partial charge in [-0.25, -0.2) is 0 Å². The lowest BCUT2D eigenvalue weighted by Gasteiger charge is -2.42. The molecule has 0 atom stereocenters. The van der Waals surface area contributed by atoms with Crippen molar-refractivity contribution in [2.24, 2.45) is 0 Å². The van der Waals surface area contributed by atoms with Crippen LogP contribution in [0.3, 0.4) is 0 Å². The summed E-state index contributed by atoms with van der Waals surface area (Å²) < 4.78 is 0. The van der Waals surface area contributed by atoms with Crippen LogP contribution in [0.2, 0.25) is 16.6 Å². The van der Waals surface area contributed by atoms with Gasteiger partial charge in [0.2, 0.25) is 0 Å². The minimum absolute atomic E-state index is 0.758. The van der Waals surface area contributed by atoms with Crippen LogP contribution in [0.4, 0.5) is 0 Å². The van der Waals surface area contributed by atoms with Crippen LogP contribution in [0.1, 0.15) is 41.5 Å². The molecule has 0 saturated heterocycles. The molecule has 1 nitrogen and oxygen atoms in total. The average Bonchev–Trinajstić information content (AvgIpc) is 2.43. The molecule has 0 aliphatic carbocycles. The molecule has 1 heterocycles. The summed E-state index contributed by atoms with van der Waals surface area (Å²) in [6.45, 7) is 14.5. The molecule has 0 unspecified atom stereocenters. The Morgan fingerprint density at radius 2 is 1.48 bits per heavy atom. The lowest BCUT2D eigenvalue weighted by molar-refractivity contribution is 0.851. The van der Waals surface area contributed by atoms with Gasteiger partial charge in [-0.3, -0.25) is 4.98 Å². The third kappa shape index (κ3) is 3.19. The van der Waals surface area contributed by atoms with Crippen molar-refractivity contribution >= 4 is 29.3 Å². The molecule has 0 spiro atoms. The zero-order valence-electron chi connectivity index (χ0n) is 14.1. The standard InChI is InChI=1S/C18H27NSSi/c1-13(2)21(14(3)4,15(5)6)20-17-11-16-9-7-8-10-18(16)19-12-17/h7-15H,1-6H3. The van der Waals surface area contributed by atoms with E-state index in [4.69, 9.17) is 0 Å². The first-order valence-corrected chi connectivity index (χ1v) is 11.7. The summed E-state index contributed by atoms with van der Waals surface area (Å²) in [4.78, 5) is 5.99. The zero-order valence-corrected chi connectivity index (χ0v) is 15.9. The van der Waals surface area contributed by atoms with E-state index < -0.39 is 7.22 Å². The summed E-state index contributed by atoms with van der Waals surface area (Å²) >= 11 is 2.15. The first kappa shape index (κ1) is 16.6. The van der Waals surface area contributed by atoms with Crippen LogP contribution in [-0.2, 0) is 0 Å². The van der Waals surface area contributed by atoms with Crippen molar-refractivity contribution in [1.29, 1.82) is 0 Å². The Labute approximate surface area is 134 Å². The maximum absolute atomic E-state index is 4.64. The van der Waals surface area contributed by atoms with Gasteiger partial charge in [-0.2, -0.15) is 0 Å². The van der Waals surface area contributed by atoms with Crippen LogP contribution in [0.15, 0.2) is 41.4 Å². The molecular weight excluding hydrogens is 290 g/mol. The van der Waals surface area contributed by atoms with Crippen molar-refractivity contribution < 1.29 is 0 Å². The van der Waals surface area contributed by atoms with E-state index in [2.05, 4.69) is 94.3 Å². The largest absolute Gasteiger partial charge is 0.255 e. The van der Waals surface area contributed by atoms with Gasteiger partial charge in [0.15, 0.2) is 0 Å². The molecule has 2 rings (SSSR count). The number of nitrogens with zero attached hydrogens (tertiary/aromatic N) is 1. The molecule has 0 N–H and O–H groups in total. The van der Waals surface area contributed by atoms with Crippen LogP contribution in [0.25, 0.3) is 10.9 Å². The summed E-state index contributed by atoms with van der Waals surface area (Å²) in [5.74, 6) is 0. The number of para-hydroxylation sites is 1. The molecule has 0 fully saturated rings. The minimum Gasteiger partial charge on any atom is -0.255 e. The molecular formula is C18H27NSSi. The second-order valence-corrected chi connectivity index (χ2v) is 15.4. The highest BCUT2D eigenvalue weighted by Gasteiger charge is 2.44. The van der Waals surface area contributed by atoms with Crippen molar-refractivity contribution in [2.45, 2.75) is 63.1 Å². The van der Waals surface area contributed by atoms with Gasteiger partial charge in [0, 0.05) is 16.5 Å². The molecule has 114 valence electrons. The van der Waals surface area contributed by atoms with Crippen molar-refractivity contribution in [2.75, 3.05) is 0 Å². The average molecular weight is 318 g/mol. The van der Waals surface area contributed by atoms with E-state index in [0.29, 0.717) is 0 Å². The molecule has 2 aromatic rings. The van der Waals surface area contributed by atoms with E-state index in [1.54, 1.807) is 0 Å². The fraction of sp³-hybridized carbons (Fsp3) is 0.500. The van der Waals surface area contributed by atoms with Crippen LogP contribution < -0.4 is 0 Å². The van der Waals surface area contributed by atoms with Crippen molar-refractivity contribution in [3.8, 4) is 0 Å². The van der Waals surface area contributed by atoms with E-state index in [1.807, 2.05) is 0 Å². The van der Waals surface area contributed by atoms with E-state index in [9.17, 15) is 0 Å². The summed E-state index contributed by atoms with van der Waals surface area (Å²) in [7, 11) is -1.48. The maximum Gasteiger partial charge on any atom is 0.131 e. The molecule has 0 aliphatic heterocycles. The van der Waals surface area contributed by atoms with Gasteiger partial charge >= 0.3 is 0 Å². The number of aromatic nitrogens is 1. The highest BCUT2D eigenvalue weighted by molar-refractivity contribution is 8.29. The smallest absolute Gasteiger partial charge is 0.131 e. The third-order valence-corrected chi connectivity index (χ3v) is 16.8. The Balaban J connectivity index is 2.43. The van der Waals surface area contributed by atoms with Crippen LogP contribution >= 0.6 is 11.2 Å². The number of hydrogen-bond acceptors (Lipinski definition) is 2. The van der Waals surface area contributed by atoms with Gasteiger partial charge in [-0.1, -0.05) is 59.7 Å². The number of hydrogen-bond donors (Lipinski definition) is 0. The fourth-order valence-electron chi connectivity index (χ4n) is 3.66. The van der Waals surface area contributed by atoms with Crippen molar-refractivity contribution in [1.82, 2.24) is 4.98 Å². The minimum atomic E-state index is -1.48. The maximum atomic E-state index is 4.64. The highest BCUT2D eigenvalue weighted by Crippen LogP contribution is 2.51. The van der Waals surface area contributed by atoms with E-state index in [0.717, 1.165) is 22.1 Å². The molecule has 0 bridgehead atoms. The molecule has 0 radical (unpaired) electrons. The Kier molecular flexibility index (Phi) is 5.15. The van der Waals surface area contributed by atoms with Gasteiger partial charge in [0.25, 0.3) is 0 Å². The van der Waals surface area contributed by atoms with Gasteiger partial charge in [-0.15, -0.1) is 11.2 Å². The van der Waals surface area contributed by atoms with E-state index in [-0.39, 0.29) is 0 Å². The van der Waals surface area contributed by atoms with Gasteiger partial charge in [0.1, 0.15) is 7.22 Å². The van der Waals surface area contributed by atoms with Crippen molar-refractivity contribution in [3.05, 3.63) is 36.5 Å². The van der Waals surface area contributed by atoms with Gasteiger partial charge < -0.3 is 0 Å². The molecule has 21 heavy (non-hydrogen) atoms.